The van der Waals surface area contributed by atoms with E-state index in [0.717, 1.165) is 21.5 Å². The standard InChI is InChI=1S/C18H20BrN5O2/c1-12(18(25)26-3)7-14-8-16(24-17(22-14)15(19)10-21-24)23(2)11-13-5-4-6-20-9-13/h4-6,8-10,12H,7,11H2,1-3H3/t12-/m1/s1. The van der Waals surface area contributed by atoms with Crippen molar-refractivity contribution in [2.24, 2.45) is 5.92 Å². The highest BCUT2D eigenvalue weighted by Crippen LogP contribution is 2.24. The number of rotatable bonds is 6. The zero-order chi connectivity index (χ0) is 18.7. The average Bonchev–Trinajstić information content (AvgIpc) is 3.02. The van der Waals surface area contributed by atoms with Crippen LogP contribution in [0, 0.1) is 5.92 Å². The minimum atomic E-state index is -0.270. The first-order chi connectivity index (χ1) is 12.5. The quantitative estimate of drug-likeness (QED) is 0.574. The zero-order valence-electron chi connectivity index (χ0n) is 14.9. The summed E-state index contributed by atoms with van der Waals surface area (Å²) in [6, 6.07) is 5.91. The molecule has 8 heteroatoms. The second kappa shape index (κ2) is 7.82. The van der Waals surface area contributed by atoms with Crippen LogP contribution in [0.3, 0.4) is 0 Å². The minimum Gasteiger partial charge on any atom is -0.469 e. The Bertz CT molecular complexity index is 913. The van der Waals surface area contributed by atoms with E-state index in [4.69, 9.17) is 4.74 Å². The number of halogens is 1. The predicted molar refractivity (Wildman–Crippen MR) is 102 cm³/mol. The van der Waals surface area contributed by atoms with Gasteiger partial charge in [-0.15, -0.1) is 0 Å². The molecule has 26 heavy (non-hydrogen) atoms. The van der Waals surface area contributed by atoms with Crippen molar-refractivity contribution in [3.63, 3.8) is 0 Å². The summed E-state index contributed by atoms with van der Waals surface area (Å²) in [6.07, 6.45) is 5.81. The molecule has 0 aromatic carbocycles. The van der Waals surface area contributed by atoms with E-state index in [9.17, 15) is 4.79 Å². The van der Waals surface area contributed by atoms with E-state index >= 15 is 0 Å². The third kappa shape index (κ3) is 3.85. The van der Waals surface area contributed by atoms with Gasteiger partial charge >= 0.3 is 5.97 Å². The topological polar surface area (TPSA) is 72.6 Å². The van der Waals surface area contributed by atoms with Crippen LogP contribution in [0.1, 0.15) is 18.2 Å². The van der Waals surface area contributed by atoms with Crippen molar-refractivity contribution in [2.45, 2.75) is 19.9 Å². The molecule has 3 aromatic rings. The van der Waals surface area contributed by atoms with E-state index < -0.39 is 0 Å². The van der Waals surface area contributed by atoms with Crippen molar-refractivity contribution >= 4 is 33.4 Å². The first-order valence-corrected chi connectivity index (χ1v) is 9.00. The van der Waals surface area contributed by atoms with Gasteiger partial charge in [0.05, 0.1) is 23.7 Å². The van der Waals surface area contributed by atoms with Gasteiger partial charge in [0.15, 0.2) is 5.65 Å². The largest absolute Gasteiger partial charge is 0.469 e. The third-order valence-electron chi connectivity index (χ3n) is 4.12. The Balaban J connectivity index is 1.96. The summed E-state index contributed by atoms with van der Waals surface area (Å²) in [7, 11) is 3.39. The Morgan fingerprint density at radius 1 is 1.42 bits per heavy atom. The van der Waals surface area contributed by atoms with Gasteiger partial charge in [-0.25, -0.2) is 4.98 Å². The molecule has 0 bridgehead atoms. The molecule has 7 nitrogen and oxygen atoms in total. The number of aromatic nitrogens is 4. The third-order valence-corrected chi connectivity index (χ3v) is 4.67. The van der Waals surface area contributed by atoms with Crippen molar-refractivity contribution in [3.05, 3.63) is 52.5 Å². The average molecular weight is 418 g/mol. The van der Waals surface area contributed by atoms with Gasteiger partial charge in [-0.3, -0.25) is 9.78 Å². The lowest BCUT2D eigenvalue weighted by molar-refractivity contribution is -0.144. The predicted octanol–water partition coefficient (Wildman–Crippen LogP) is 2.87. The van der Waals surface area contributed by atoms with Crippen LogP contribution in [-0.2, 0) is 22.5 Å². The molecule has 0 N–H and O–H groups in total. The molecular formula is C18H20BrN5O2. The second-order valence-corrected chi connectivity index (χ2v) is 7.03. The van der Waals surface area contributed by atoms with Crippen LogP contribution >= 0.6 is 15.9 Å². The number of pyridine rings is 1. The Labute approximate surface area is 160 Å². The monoisotopic (exact) mass is 417 g/mol. The fraction of sp³-hybridized carbons (Fsp3) is 0.333. The maximum Gasteiger partial charge on any atom is 0.308 e. The van der Waals surface area contributed by atoms with Gasteiger partial charge in [0, 0.05) is 44.2 Å². The summed E-state index contributed by atoms with van der Waals surface area (Å²) in [5.41, 5.74) is 2.62. The van der Waals surface area contributed by atoms with Crippen molar-refractivity contribution in [2.75, 3.05) is 19.1 Å². The summed E-state index contributed by atoms with van der Waals surface area (Å²) >= 11 is 3.49. The Morgan fingerprint density at radius 3 is 2.92 bits per heavy atom. The summed E-state index contributed by atoms with van der Waals surface area (Å²) in [6.45, 7) is 2.51. The Hall–Kier alpha value is -2.48. The minimum absolute atomic E-state index is 0.246. The highest BCUT2D eigenvalue weighted by Gasteiger charge is 2.18. The maximum absolute atomic E-state index is 11.8. The molecule has 136 valence electrons. The van der Waals surface area contributed by atoms with Crippen LogP contribution in [0.5, 0.6) is 0 Å². The van der Waals surface area contributed by atoms with Gasteiger partial charge in [0.2, 0.25) is 0 Å². The number of anilines is 1. The first-order valence-electron chi connectivity index (χ1n) is 8.20. The molecule has 0 spiro atoms. The maximum atomic E-state index is 11.8. The van der Waals surface area contributed by atoms with E-state index in [1.54, 1.807) is 16.9 Å². The molecule has 0 fully saturated rings. The first kappa shape index (κ1) is 18.3. The van der Waals surface area contributed by atoms with E-state index in [-0.39, 0.29) is 11.9 Å². The SMILES string of the molecule is COC(=O)[C@H](C)Cc1cc(N(C)Cc2cccnc2)n2ncc(Br)c2n1. The Kier molecular flexibility index (Phi) is 5.51. The molecule has 0 aliphatic carbocycles. The number of hydrogen-bond donors (Lipinski definition) is 0. The van der Waals surface area contributed by atoms with E-state index in [0.29, 0.717) is 18.6 Å². The van der Waals surface area contributed by atoms with Crippen molar-refractivity contribution < 1.29 is 9.53 Å². The molecule has 0 aliphatic heterocycles. The lowest BCUT2D eigenvalue weighted by Gasteiger charge is -2.21. The number of nitrogens with zero attached hydrogens (tertiary/aromatic N) is 5. The number of carbonyl (C=O) groups is 1. The summed E-state index contributed by atoms with van der Waals surface area (Å²) in [5.74, 6) is 0.370. The van der Waals surface area contributed by atoms with Crippen molar-refractivity contribution in [1.82, 2.24) is 19.6 Å². The molecule has 0 unspecified atom stereocenters. The van der Waals surface area contributed by atoms with Crippen LogP contribution in [-0.4, -0.2) is 39.7 Å². The van der Waals surface area contributed by atoms with E-state index in [2.05, 4.69) is 35.9 Å². The lowest BCUT2D eigenvalue weighted by Crippen LogP contribution is -2.21. The summed E-state index contributed by atoms with van der Waals surface area (Å²) < 4.78 is 7.42. The highest BCUT2D eigenvalue weighted by molar-refractivity contribution is 9.10. The molecular weight excluding hydrogens is 398 g/mol. The lowest BCUT2D eigenvalue weighted by atomic mass is 10.1. The fourth-order valence-electron chi connectivity index (χ4n) is 2.79. The van der Waals surface area contributed by atoms with Gasteiger partial charge in [0.25, 0.3) is 0 Å². The Morgan fingerprint density at radius 2 is 2.23 bits per heavy atom. The highest BCUT2D eigenvalue weighted by atomic mass is 79.9. The van der Waals surface area contributed by atoms with Gasteiger partial charge in [-0.2, -0.15) is 9.61 Å². The van der Waals surface area contributed by atoms with Crippen LogP contribution in [0.2, 0.25) is 0 Å². The van der Waals surface area contributed by atoms with Crippen LogP contribution < -0.4 is 4.90 Å². The number of esters is 1. The number of fused-ring (bicyclic) bond motifs is 1. The molecule has 3 heterocycles. The van der Waals surface area contributed by atoms with Gasteiger partial charge in [-0.05, 0) is 27.6 Å². The molecule has 0 radical (unpaired) electrons. The molecule has 3 rings (SSSR count). The number of methoxy groups -OCH3 is 1. The second-order valence-electron chi connectivity index (χ2n) is 6.18. The van der Waals surface area contributed by atoms with Gasteiger partial charge < -0.3 is 9.64 Å². The fourth-order valence-corrected chi connectivity index (χ4v) is 3.14. The molecule has 0 saturated carbocycles. The number of ether oxygens (including phenoxy) is 1. The van der Waals surface area contributed by atoms with Gasteiger partial charge in [0.1, 0.15) is 5.82 Å². The normalized spacial score (nSPS) is 12.2. The van der Waals surface area contributed by atoms with E-state index in [1.165, 1.54) is 7.11 Å². The molecule has 3 aromatic heterocycles. The number of hydrogen-bond acceptors (Lipinski definition) is 6. The molecule has 0 saturated heterocycles. The smallest absolute Gasteiger partial charge is 0.308 e. The van der Waals surface area contributed by atoms with Crippen LogP contribution in [0.4, 0.5) is 5.82 Å². The van der Waals surface area contributed by atoms with Crippen molar-refractivity contribution in [1.29, 1.82) is 0 Å². The number of carbonyl (C=O) groups excluding carboxylic acids is 1. The van der Waals surface area contributed by atoms with Gasteiger partial charge in [-0.1, -0.05) is 13.0 Å². The molecule has 0 amide bonds. The molecule has 0 aliphatic rings. The zero-order valence-corrected chi connectivity index (χ0v) is 16.5. The van der Waals surface area contributed by atoms with Crippen molar-refractivity contribution in [3.8, 4) is 0 Å². The summed E-state index contributed by atoms with van der Waals surface area (Å²) in [5, 5.41) is 4.41. The summed E-state index contributed by atoms with van der Waals surface area (Å²) in [4.78, 5) is 22.7. The van der Waals surface area contributed by atoms with E-state index in [1.807, 2.05) is 38.4 Å². The van der Waals surface area contributed by atoms with Crippen LogP contribution in [0.25, 0.3) is 5.65 Å². The molecule has 1 atom stereocenters. The van der Waals surface area contributed by atoms with Crippen LogP contribution in [0.15, 0.2) is 41.3 Å².